The quantitative estimate of drug-likeness (QED) is 0.580. The van der Waals surface area contributed by atoms with Crippen LogP contribution in [0.15, 0.2) is 53.3 Å². The molecule has 0 amide bonds. The molecule has 1 heterocycles. The highest BCUT2D eigenvalue weighted by atomic mass is 16.3. The molecule has 1 aromatic heterocycles. The van der Waals surface area contributed by atoms with Crippen molar-refractivity contribution in [1.29, 1.82) is 0 Å². The number of aromatic hydroxyl groups is 1. The molecule has 5 heteroatoms. The van der Waals surface area contributed by atoms with Crippen LogP contribution in [0.5, 0.6) is 5.75 Å². The van der Waals surface area contributed by atoms with Gasteiger partial charge in [0.25, 0.3) is 0 Å². The maximum Gasteiger partial charge on any atom is 0.248 e. The van der Waals surface area contributed by atoms with Crippen LogP contribution in [0.3, 0.4) is 0 Å². The first-order chi connectivity index (χ1) is 11.5. The third kappa shape index (κ3) is 3.48. The minimum atomic E-state index is -0.762. The molecule has 0 fully saturated rings. The number of phenols is 1. The van der Waals surface area contributed by atoms with E-state index in [1.165, 1.54) is 12.1 Å². The number of pyridine rings is 1. The summed E-state index contributed by atoms with van der Waals surface area (Å²) in [4.78, 5) is 14.0. The number of aliphatic hydroxyl groups is 1. The first-order valence-corrected chi connectivity index (χ1v) is 7.69. The smallest absolute Gasteiger partial charge is 0.248 e. The maximum atomic E-state index is 11.4. The van der Waals surface area contributed by atoms with Crippen molar-refractivity contribution in [1.82, 2.24) is 10.3 Å². The van der Waals surface area contributed by atoms with Gasteiger partial charge in [0.15, 0.2) is 0 Å². The predicted octanol–water partition coefficient (Wildman–Crippen LogP) is 2.24. The van der Waals surface area contributed by atoms with Crippen molar-refractivity contribution in [2.75, 3.05) is 6.54 Å². The average molecular weight is 323 g/mol. The normalized spacial score (nSPS) is 12.4. The topological polar surface area (TPSA) is 85.3 Å². The average Bonchev–Trinajstić information content (AvgIpc) is 2.55. The molecule has 0 saturated carbocycles. The molecule has 1 atom stereocenters. The minimum Gasteiger partial charge on any atom is -0.506 e. The molecular formula is C19H19N2O3. The van der Waals surface area contributed by atoms with Gasteiger partial charge in [-0.1, -0.05) is 30.3 Å². The zero-order valence-electron chi connectivity index (χ0n) is 13.1. The highest BCUT2D eigenvalue weighted by Crippen LogP contribution is 2.28. The molecule has 0 saturated heterocycles. The fraction of sp³-hybridized carbons (Fsp3) is 0.158. The molecule has 123 valence electrons. The van der Waals surface area contributed by atoms with Crippen molar-refractivity contribution in [3.8, 4) is 5.75 Å². The molecule has 24 heavy (non-hydrogen) atoms. The Morgan fingerprint density at radius 2 is 2.00 bits per heavy atom. The molecule has 0 aliphatic heterocycles. The van der Waals surface area contributed by atoms with E-state index in [9.17, 15) is 15.0 Å². The van der Waals surface area contributed by atoms with Gasteiger partial charge in [-0.25, -0.2) is 0 Å². The lowest BCUT2D eigenvalue weighted by atomic mass is 10.0. The molecule has 0 aliphatic carbocycles. The highest BCUT2D eigenvalue weighted by Gasteiger charge is 2.13. The summed E-state index contributed by atoms with van der Waals surface area (Å²) < 4.78 is 0. The number of aromatic amines is 1. The predicted molar refractivity (Wildman–Crippen MR) is 93.8 cm³/mol. The molecule has 4 N–H and O–H groups in total. The van der Waals surface area contributed by atoms with Crippen LogP contribution in [0, 0.1) is 6.92 Å². The third-order valence-electron chi connectivity index (χ3n) is 3.92. The van der Waals surface area contributed by atoms with Crippen LogP contribution in [-0.2, 0) is 6.54 Å². The second-order valence-electron chi connectivity index (χ2n) is 5.75. The van der Waals surface area contributed by atoms with Crippen LogP contribution in [-0.4, -0.2) is 21.7 Å². The van der Waals surface area contributed by atoms with Crippen molar-refractivity contribution in [2.45, 2.75) is 12.6 Å². The number of H-pyrrole nitrogens is 1. The van der Waals surface area contributed by atoms with E-state index in [2.05, 4.69) is 17.2 Å². The molecule has 0 aliphatic rings. The second-order valence-corrected chi connectivity index (χ2v) is 5.75. The fourth-order valence-electron chi connectivity index (χ4n) is 2.75. The monoisotopic (exact) mass is 323 g/mol. The fourth-order valence-corrected chi connectivity index (χ4v) is 2.75. The Kier molecular flexibility index (Phi) is 4.64. The van der Waals surface area contributed by atoms with Gasteiger partial charge in [-0.2, -0.15) is 0 Å². The van der Waals surface area contributed by atoms with E-state index in [1.807, 2.05) is 24.3 Å². The van der Waals surface area contributed by atoms with Crippen LogP contribution in [0.2, 0.25) is 0 Å². The third-order valence-corrected chi connectivity index (χ3v) is 3.92. The van der Waals surface area contributed by atoms with Crippen LogP contribution < -0.4 is 10.9 Å². The van der Waals surface area contributed by atoms with Gasteiger partial charge in [-0.3, -0.25) is 4.79 Å². The Hall–Kier alpha value is -2.63. The van der Waals surface area contributed by atoms with Crippen molar-refractivity contribution < 1.29 is 10.2 Å². The van der Waals surface area contributed by atoms with E-state index in [0.29, 0.717) is 29.6 Å². The number of hydrogen-bond donors (Lipinski definition) is 4. The van der Waals surface area contributed by atoms with Gasteiger partial charge in [0.1, 0.15) is 5.75 Å². The van der Waals surface area contributed by atoms with E-state index >= 15 is 0 Å². The summed E-state index contributed by atoms with van der Waals surface area (Å²) in [6.07, 6.45) is -0.762. The first-order valence-electron chi connectivity index (χ1n) is 7.69. The molecule has 5 nitrogen and oxygen atoms in total. The Morgan fingerprint density at radius 1 is 1.17 bits per heavy atom. The number of rotatable bonds is 5. The number of phenolic OH excluding ortho intramolecular Hbond substituents is 1. The first kappa shape index (κ1) is 16.2. The molecule has 3 aromatic rings. The van der Waals surface area contributed by atoms with Crippen LogP contribution in [0.25, 0.3) is 10.9 Å². The summed E-state index contributed by atoms with van der Waals surface area (Å²) in [5, 5.41) is 24.2. The van der Waals surface area contributed by atoms with Gasteiger partial charge >= 0.3 is 0 Å². The summed E-state index contributed by atoms with van der Waals surface area (Å²) >= 11 is 0. The molecule has 3 rings (SSSR count). The van der Waals surface area contributed by atoms with Crippen molar-refractivity contribution >= 4 is 10.9 Å². The van der Waals surface area contributed by atoms with E-state index in [4.69, 9.17) is 0 Å². The maximum absolute atomic E-state index is 11.4. The van der Waals surface area contributed by atoms with Crippen molar-refractivity contribution in [3.63, 3.8) is 0 Å². The highest BCUT2D eigenvalue weighted by molar-refractivity contribution is 5.87. The van der Waals surface area contributed by atoms with Gasteiger partial charge in [-0.15, -0.1) is 0 Å². The molecular weight excluding hydrogens is 304 g/mol. The lowest BCUT2D eigenvalue weighted by Gasteiger charge is -2.15. The van der Waals surface area contributed by atoms with Crippen molar-refractivity contribution in [3.05, 3.63) is 82.5 Å². The van der Waals surface area contributed by atoms with E-state index in [-0.39, 0.29) is 11.3 Å². The van der Waals surface area contributed by atoms with E-state index in [0.717, 1.165) is 11.1 Å². The lowest BCUT2D eigenvalue weighted by Crippen LogP contribution is -2.21. The van der Waals surface area contributed by atoms with Gasteiger partial charge in [-0.05, 0) is 35.7 Å². The molecule has 1 radical (unpaired) electrons. The van der Waals surface area contributed by atoms with Crippen LogP contribution in [0.1, 0.15) is 22.8 Å². The summed E-state index contributed by atoms with van der Waals surface area (Å²) in [5.74, 6) is -0.0149. The zero-order chi connectivity index (χ0) is 17.1. The molecule has 0 unspecified atom stereocenters. The van der Waals surface area contributed by atoms with Gasteiger partial charge in [0.05, 0.1) is 11.6 Å². The zero-order valence-corrected chi connectivity index (χ0v) is 13.1. The molecule has 2 aromatic carbocycles. The van der Waals surface area contributed by atoms with Crippen LogP contribution in [0.4, 0.5) is 0 Å². The molecule has 0 spiro atoms. The Balaban J connectivity index is 1.75. The van der Waals surface area contributed by atoms with Gasteiger partial charge in [0, 0.05) is 24.5 Å². The van der Waals surface area contributed by atoms with Crippen LogP contribution >= 0.6 is 0 Å². The van der Waals surface area contributed by atoms with E-state index < -0.39 is 6.10 Å². The summed E-state index contributed by atoms with van der Waals surface area (Å²) in [6, 6.07) is 14.0. The Morgan fingerprint density at radius 3 is 2.79 bits per heavy atom. The largest absolute Gasteiger partial charge is 0.506 e. The number of benzene rings is 2. The Bertz CT molecular complexity index is 918. The standard InChI is InChI=1S/C19H19N2O3/c1-12-3-2-4-13(9-12)10-20-11-17(23)14-5-7-16(22)19-15(14)6-8-18(24)21-19/h2-9,17,20,22-23H,1,10-11H2,(H,21,24)/t17-/m0/s1. The Labute approximate surface area is 139 Å². The number of aliphatic hydroxyl groups excluding tert-OH is 1. The van der Waals surface area contributed by atoms with Gasteiger partial charge in [0.2, 0.25) is 5.56 Å². The van der Waals surface area contributed by atoms with Gasteiger partial charge < -0.3 is 20.5 Å². The molecule has 0 bridgehead atoms. The lowest BCUT2D eigenvalue weighted by molar-refractivity contribution is 0.176. The number of nitrogens with one attached hydrogen (secondary N) is 2. The minimum absolute atomic E-state index is 0.0149. The van der Waals surface area contributed by atoms with Crippen molar-refractivity contribution in [2.24, 2.45) is 0 Å². The number of aromatic nitrogens is 1. The summed E-state index contributed by atoms with van der Waals surface area (Å²) in [5.41, 5.74) is 2.73. The number of fused-ring (bicyclic) bond motifs is 1. The number of hydrogen-bond acceptors (Lipinski definition) is 4. The SMILES string of the molecule is [CH2]c1cccc(CNC[C@H](O)c2ccc(O)c3[nH]c(=O)ccc23)c1. The summed E-state index contributed by atoms with van der Waals surface area (Å²) in [6.45, 7) is 4.86. The second kappa shape index (κ2) is 6.86. The van der Waals surface area contributed by atoms with E-state index in [1.54, 1.807) is 12.1 Å². The summed E-state index contributed by atoms with van der Waals surface area (Å²) in [7, 11) is 0.